The topological polar surface area (TPSA) is 99.5 Å². The number of para-hydroxylation sites is 1. The number of rotatable bonds is 3. The molecule has 4 heterocycles. The molecular weight excluding hydrogens is 374 g/mol. The second kappa shape index (κ2) is 6.59. The number of fused-ring (bicyclic) bond motifs is 4. The normalized spacial score (nSPS) is 16.3. The van der Waals surface area contributed by atoms with Gasteiger partial charge < -0.3 is 20.6 Å². The van der Waals surface area contributed by atoms with Crippen LogP contribution in [0.15, 0.2) is 60.9 Å². The summed E-state index contributed by atoms with van der Waals surface area (Å²) < 4.78 is 0. The van der Waals surface area contributed by atoms with Crippen LogP contribution in [0.1, 0.15) is 22.9 Å². The molecular formula is C23H21N7. The quantitative estimate of drug-likeness (QED) is 0.432. The lowest BCUT2D eigenvalue weighted by molar-refractivity contribution is 0.566. The fraction of sp³-hybridized carbons (Fsp3) is 0.174. The highest BCUT2D eigenvalue weighted by Gasteiger charge is 2.33. The van der Waals surface area contributed by atoms with Gasteiger partial charge in [0.2, 0.25) is 5.95 Å². The second-order valence-corrected chi connectivity index (χ2v) is 7.72. The highest BCUT2D eigenvalue weighted by atomic mass is 15.3. The second-order valence-electron chi connectivity index (χ2n) is 7.72. The van der Waals surface area contributed by atoms with Crippen molar-refractivity contribution in [1.82, 2.24) is 24.9 Å². The minimum absolute atomic E-state index is 0.101. The van der Waals surface area contributed by atoms with Gasteiger partial charge >= 0.3 is 0 Å². The summed E-state index contributed by atoms with van der Waals surface area (Å²) in [6, 6.07) is 19.2. The number of hydrogen-bond donors (Lipinski definition) is 3. The molecule has 4 N–H and O–H groups in total. The highest BCUT2D eigenvalue weighted by molar-refractivity contribution is 5.87. The molecule has 7 nitrogen and oxygen atoms in total. The van der Waals surface area contributed by atoms with Crippen molar-refractivity contribution in [3.8, 4) is 0 Å². The molecule has 1 aliphatic rings. The van der Waals surface area contributed by atoms with E-state index < -0.39 is 0 Å². The maximum absolute atomic E-state index is 6.03. The van der Waals surface area contributed by atoms with E-state index in [0.717, 1.165) is 30.7 Å². The Balaban J connectivity index is 1.54. The third-order valence-electron chi connectivity index (χ3n) is 5.99. The minimum atomic E-state index is 0.101. The molecule has 3 aromatic heterocycles. The lowest BCUT2D eigenvalue weighted by Crippen LogP contribution is -2.37. The molecule has 0 fully saturated rings. The van der Waals surface area contributed by atoms with Gasteiger partial charge in [-0.2, -0.15) is 9.97 Å². The molecule has 0 saturated carbocycles. The predicted molar refractivity (Wildman–Crippen MR) is 118 cm³/mol. The number of aromatic nitrogens is 5. The molecule has 0 saturated heterocycles. The Labute approximate surface area is 173 Å². The van der Waals surface area contributed by atoms with E-state index in [-0.39, 0.29) is 12.0 Å². The van der Waals surface area contributed by atoms with Gasteiger partial charge in [0.05, 0.1) is 12.4 Å². The van der Waals surface area contributed by atoms with E-state index in [9.17, 15) is 0 Å². The summed E-state index contributed by atoms with van der Waals surface area (Å²) in [5.41, 5.74) is 12.5. The number of nitrogens with one attached hydrogen (secondary N) is 2. The van der Waals surface area contributed by atoms with Crippen molar-refractivity contribution in [1.29, 1.82) is 0 Å². The van der Waals surface area contributed by atoms with Crippen LogP contribution in [0.5, 0.6) is 0 Å². The SMILES string of the molecule is Nc1nc(N2CCc3c([nH]c4ccccc34)C2Cc2ccccc2)c2[nH]cnc2n1. The zero-order valence-electron chi connectivity index (χ0n) is 16.3. The maximum Gasteiger partial charge on any atom is 0.224 e. The molecule has 148 valence electrons. The van der Waals surface area contributed by atoms with Crippen LogP contribution in [0.3, 0.4) is 0 Å². The summed E-state index contributed by atoms with van der Waals surface area (Å²) in [7, 11) is 0. The summed E-state index contributed by atoms with van der Waals surface area (Å²) in [5.74, 6) is 1.05. The zero-order chi connectivity index (χ0) is 20.1. The number of aromatic amines is 2. The van der Waals surface area contributed by atoms with Gasteiger partial charge in [-0.25, -0.2) is 4.98 Å². The fourth-order valence-electron chi connectivity index (χ4n) is 4.66. The van der Waals surface area contributed by atoms with Gasteiger partial charge in [-0.1, -0.05) is 48.5 Å². The number of nitrogens with zero attached hydrogens (tertiary/aromatic N) is 4. The highest BCUT2D eigenvalue weighted by Crippen LogP contribution is 2.39. The smallest absolute Gasteiger partial charge is 0.224 e. The first kappa shape index (κ1) is 17.0. The van der Waals surface area contributed by atoms with Crippen LogP contribution in [0.25, 0.3) is 22.1 Å². The summed E-state index contributed by atoms with van der Waals surface area (Å²) in [6.07, 6.45) is 3.44. The van der Waals surface area contributed by atoms with E-state index in [4.69, 9.17) is 5.73 Å². The van der Waals surface area contributed by atoms with Crippen molar-refractivity contribution < 1.29 is 0 Å². The van der Waals surface area contributed by atoms with Crippen LogP contribution in [0.4, 0.5) is 11.8 Å². The number of imidazole rings is 1. The summed E-state index contributed by atoms with van der Waals surface area (Å²) >= 11 is 0. The molecule has 1 aliphatic heterocycles. The van der Waals surface area contributed by atoms with Crippen molar-refractivity contribution in [2.45, 2.75) is 18.9 Å². The number of nitrogen functional groups attached to an aromatic ring is 1. The van der Waals surface area contributed by atoms with Crippen molar-refractivity contribution in [2.75, 3.05) is 17.2 Å². The molecule has 1 atom stereocenters. The number of nitrogens with two attached hydrogens (primary N) is 1. The molecule has 0 spiro atoms. The molecule has 0 radical (unpaired) electrons. The van der Waals surface area contributed by atoms with Crippen LogP contribution in [0.2, 0.25) is 0 Å². The Hall–Kier alpha value is -3.87. The first-order chi connectivity index (χ1) is 14.8. The van der Waals surface area contributed by atoms with Gasteiger partial charge in [0.15, 0.2) is 11.5 Å². The minimum Gasteiger partial charge on any atom is -0.368 e. The Morgan fingerprint density at radius 1 is 1.03 bits per heavy atom. The molecule has 0 bridgehead atoms. The maximum atomic E-state index is 6.03. The van der Waals surface area contributed by atoms with E-state index in [1.54, 1.807) is 6.33 Å². The lowest BCUT2D eigenvalue weighted by Gasteiger charge is -2.37. The number of anilines is 2. The Morgan fingerprint density at radius 3 is 2.77 bits per heavy atom. The summed E-state index contributed by atoms with van der Waals surface area (Å²) in [6.45, 7) is 0.844. The third-order valence-corrected chi connectivity index (χ3v) is 5.99. The van der Waals surface area contributed by atoms with Gasteiger partial charge in [-0.05, 0) is 30.0 Å². The average Bonchev–Trinajstić information content (AvgIpc) is 3.39. The Bertz CT molecular complexity index is 1350. The van der Waals surface area contributed by atoms with Crippen LogP contribution in [0, 0.1) is 0 Å². The molecule has 0 amide bonds. The molecule has 1 unspecified atom stereocenters. The van der Waals surface area contributed by atoms with Gasteiger partial charge in [0, 0.05) is 23.1 Å². The first-order valence-electron chi connectivity index (χ1n) is 10.1. The molecule has 0 aliphatic carbocycles. The van der Waals surface area contributed by atoms with Gasteiger partial charge in [-0.3, -0.25) is 0 Å². The number of H-pyrrole nitrogens is 2. The van der Waals surface area contributed by atoms with Crippen molar-refractivity contribution in [3.63, 3.8) is 0 Å². The molecule has 2 aromatic carbocycles. The largest absolute Gasteiger partial charge is 0.368 e. The molecule has 30 heavy (non-hydrogen) atoms. The molecule has 6 rings (SSSR count). The summed E-state index contributed by atoms with van der Waals surface area (Å²) in [5, 5.41) is 1.30. The third kappa shape index (κ3) is 2.62. The van der Waals surface area contributed by atoms with Crippen molar-refractivity contribution in [2.24, 2.45) is 0 Å². The van der Waals surface area contributed by atoms with Crippen molar-refractivity contribution >= 4 is 33.8 Å². The predicted octanol–water partition coefficient (Wildman–Crippen LogP) is 3.76. The van der Waals surface area contributed by atoms with Crippen LogP contribution >= 0.6 is 0 Å². The fourth-order valence-corrected chi connectivity index (χ4v) is 4.66. The van der Waals surface area contributed by atoms with Gasteiger partial charge in [0.1, 0.15) is 5.52 Å². The van der Waals surface area contributed by atoms with E-state index in [0.29, 0.717) is 5.65 Å². The van der Waals surface area contributed by atoms with Gasteiger partial charge in [-0.15, -0.1) is 0 Å². The van der Waals surface area contributed by atoms with Crippen LogP contribution < -0.4 is 10.6 Å². The van der Waals surface area contributed by atoms with Crippen molar-refractivity contribution in [3.05, 3.63) is 77.7 Å². The standard InChI is InChI=1S/C23H21N7/c24-23-28-21-20(25-13-26-21)22(29-23)30-11-10-16-15-8-4-5-9-17(15)27-19(16)18(30)12-14-6-2-1-3-7-14/h1-9,13,18,27H,10-12H2,(H3,24,25,26,28,29). The number of hydrogen-bond acceptors (Lipinski definition) is 5. The average molecular weight is 395 g/mol. The number of benzene rings is 2. The van der Waals surface area contributed by atoms with E-state index in [2.05, 4.69) is 84.4 Å². The Morgan fingerprint density at radius 2 is 1.87 bits per heavy atom. The monoisotopic (exact) mass is 395 g/mol. The first-order valence-corrected chi connectivity index (χ1v) is 10.1. The van der Waals surface area contributed by atoms with Crippen LogP contribution in [-0.4, -0.2) is 31.5 Å². The van der Waals surface area contributed by atoms with Crippen LogP contribution in [-0.2, 0) is 12.8 Å². The summed E-state index contributed by atoms with van der Waals surface area (Å²) in [4.78, 5) is 22.4. The van der Waals surface area contributed by atoms with E-state index in [1.807, 2.05) is 0 Å². The lowest BCUT2D eigenvalue weighted by atomic mass is 9.92. The Kier molecular flexibility index (Phi) is 3.74. The van der Waals surface area contributed by atoms with E-state index >= 15 is 0 Å². The van der Waals surface area contributed by atoms with E-state index in [1.165, 1.54) is 27.7 Å². The zero-order valence-corrected chi connectivity index (χ0v) is 16.3. The van der Waals surface area contributed by atoms with Gasteiger partial charge in [0.25, 0.3) is 0 Å². The molecule has 7 heteroatoms. The molecule has 5 aromatic rings.